The minimum Gasteiger partial charge on any atom is -0.476 e. The third kappa shape index (κ3) is 3.27. The van der Waals surface area contributed by atoms with E-state index in [4.69, 9.17) is 10.5 Å². The smallest absolute Gasteiger partial charge is 0.429 e. The Hall–Kier alpha value is -2.08. The van der Waals surface area contributed by atoms with Crippen molar-refractivity contribution in [2.24, 2.45) is 5.73 Å². The molecule has 0 fully saturated rings. The number of nitrogens with two attached hydrogens (primary N) is 1. The quantitative estimate of drug-likeness (QED) is 0.936. The highest BCUT2D eigenvalue weighted by molar-refractivity contribution is 5.34. The Kier molecular flexibility index (Phi) is 4.24. The fraction of sp³-hybridized carbons (Fsp3) is 0.214. The molecule has 2 aromatic rings. The molecule has 2 rings (SSSR count). The highest BCUT2D eigenvalue weighted by Gasteiger charge is 2.43. The molecule has 0 aliphatic carbocycles. The van der Waals surface area contributed by atoms with E-state index in [2.05, 4.69) is 4.98 Å². The van der Waals surface area contributed by atoms with Crippen LogP contribution >= 0.6 is 0 Å². The van der Waals surface area contributed by atoms with Crippen molar-refractivity contribution in [2.75, 3.05) is 0 Å². The lowest BCUT2D eigenvalue weighted by atomic mass is 10.1. The zero-order valence-corrected chi connectivity index (χ0v) is 10.5. The molecular weight excluding hydrogens is 269 g/mol. The van der Waals surface area contributed by atoms with Crippen LogP contribution in [0, 0.1) is 0 Å². The minimum atomic E-state index is -4.52. The van der Waals surface area contributed by atoms with Crippen LogP contribution in [0.5, 0.6) is 5.75 Å². The number of hydrogen-bond acceptors (Lipinski definition) is 3. The maximum atomic E-state index is 13.2. The number of para-hydroxylation sites is 1. The number of nitrogens with zero attached hydrogens (tertiary/aromatic N) is 1. The van der Waals surface area contributed by atoms with Crippen LogP contribution in [0.4, 0.5) is 13.2 Å². The molecule has 20 heavy (non-hydrogen) atoms. The van der Waals surface area contributed by atoms with E-state index in [-0.39, 0.29) is 17.9 Å². The first-order valence-corrected chi connectivity index (χ1v) is 5.93. The molecule has 0 saturated carbocycles. The molecule has 0 aliphatic rings. The summed E-state index contributed by atoms with van der Waals surface area (Å²) in [6.45, 7) is 0.108. The summed E-state index contributed by atoms with van der Waals surface area (Å²) in [7, 11) is 0. The standard InChI is InChI=1S/C14H13F3N2O/c15-14(16,17)13(10-5-7-19-8-6-10)20-12-4-2-1-3-11(12)9-18/h1-8,13H,9,18H2. The lowest BCUT2D eigenvalue weighted by molar-refractivity contribution is -0.198. The van der Waals surface area contributed by atoms with Gasteiger partial charge in [0.1, 0.15) is 5.75 Å². The Balaban J connectivity index is 2.34. The summed E-state index contributed by atoms with van der Waals surface area (Å²) in [5, 5.41) is 0. The van der Waals surface area contributed by atoms with Gasteiger partial charge in [0.05, 0.1) is 0 Å². The summed E-state index contributed by atoms with van der Waals surface area (Å²) in [4.78, 5) is 3.71. The molecule has 106 valence electrons. The van der Waals surface area contributed by atoms with Crippen LogP contribution in [0.3, 0.4) is 0 Å². The van der Waals surface area contributed by atoms with E-state index < -0.39 is 12.3 Å². The molecule has 0 aliphatic heterocycles. The summed E-state index contributed by atoms with van der Waals surface area (Å²) in [6.07, 6.45) is -3.97. The molecule has 0 saturated heterocycles. The monoisotopic (exact) mass is 282 g/mol. The van der Waals surface area contributed by atoms with Gasteiger partial charge in [-0.3, -0.25) is 4.98 Å². The van der Waals surface area contributed by atoms with Gasteiger partial charge in [0, 0.05) is 30.1 Å². The van der Waals surface area contributed by atoms with Gasteiger partial charge in [-0.25, -0.2) is 0 Å². The molecular formula is C14H13F3N2O. The summed E-state index contributed by atoms with van der Waals surface area (Å²) in [6, 6.07) is 8.97. The van der Waals surface area contributed by atoms with E-state index in [0.29, 0.717) is 5.56 Å². The minimum absolute atomic E-state index is 0.000625. The van der Waals surface area contributed by atoms with Gasteiger partial charge in [-0.05, 0) is 18.2 Å². The number of rotatable bonds is 4. The van der Waals surface area contributed by atoms with Gasteiger partial charge in [-0.1, -0.05) is 18.2 Å². The number of ether oxygens (including phenoxy) is 1. The summed E-state index contributed by atoms with van der Waals surface area (Å²) >= 11 is 0. The Morgan fingerprint density at radius 1 is 1.10 bits per heavy atom. The molecule has 0 bridgehead atoms. The first-order chi connectivity index (χ1) is 9.52. The zero-order chi connectivity index (χ0) is 14.6. The highest BCUT2D eigenvalue weighted by atomic mass is 19.4. The second kappa shape index (κ2) is 5.92. The second-order valence-corrected chi connectivity index (χ2v) is 4.13. The van der Waals surface area contributed by atoms with Crippen molar-refractivity contribution in [3.63, 3.8) is 0 Å². The van der Waals surface area contributed by atoms with Gasteiger partial charge in [-0.2, -0.15) is 13.2 Å². The van der Waals surface area contributed by atoms with E-state index in [1.807, 2.05) is 0 Å². The van der Waals surface area contributed by atoms with Gasteiger partial charge in [0.25, 0.3) is 0 Å². The molecule has 1 heterocycles. The molecule has 1 aromatic heterocycles. The number of hydrogen-bond donors (Lipinski definition) is 1. The molecule has 3 nitrogen and oxygen atoms in total. The predicted molar refractivity (Wildman–Crippen MR) is 68.0 cm³/mol. The Bertz CT molecular complexity index is 558. The predicted octanol–water partition coefficient (Wildman–Crippen LogP) is 3.22. The first-order valence-electron chi connectivity index (χ1n) is 5.93. The van der Waals surface area contributed by atoms with Gasteiger partial charge >= 0.3 is 6.18 Å². The average molecular weight is 282 g/mol. The van der Waals surface area contributed by atoms with Crippen molar-refractivity contribution in [2.45, 2.75) is 18.8 Å². The van der Waals surface area contributed by atoms with Crippen molar-refractivity contribution in [3.8, 4) is 5.75 Å². The Morgan fingerprint density at radius 2 is 1.75 bits per heavy atom. The van der Waals surface area contributed by atoms with Gasteiger partial charge in [-0.15, -0.1) is 0 Å². The fourth-order valence-electron chi connectivity index (χ4n) is 1.78. The molecule has 6 heteroatoms. The van der Waals surface area contributed by atoms with Crippen molar-refractivity contribution in [3.05, 3.63) is 59.9 Å². The van der Waals surface area contributed by atoms with Gasteiger partial charge in [0.15, 0.2) is 0 Å². The van der Waals surface area contributed by atoms with Crippen LogP contribution in [0.25, 0.3) is 0 Å². The Morgan fingerprint density at radius 3 is 2.35 bits per heavy atom. The van der Waals surface area contributed by atoms with E-state index in [1.165, 1.54) is 30.6 Å². The maximum absolute atomic E-state index is 13.2. The molecule has 1 unspecified atom stereocenters. The number of pyridine rings is 1. The zero-order valence-electron chi connectivity index (χ0n) is 10.5. The van der Waals surface area contributed by atoms with Crippen LogP contribution in [0.15, 0.2) is 48.8 Å². The normalized spacial score (nSPS) is 13.0. The molecule has 1 aromatic carbocycles. The van der Waals surface area contributed by atoms with E-state index >= 15 is 0 Å². The first kappa shape index (κ1) is 14.3. The van der Waals surface area contributed by atoms with Crippen molar-refractivity contribution < 1.29 is 17.9 Å². The maximum Gasteiger partial charge on any atom is 0.429 e. The molecule has 0 spiro atoms. The van der Waals surface area contributed by atoms with Crippen LogP contribution in [0.2, 0.25) is 0 Å². The number of aromatic nitrogens is 1. The van der Waals surface area contributed by atoms with E-state index in [9.17, 15) is 13.2 Å². The SMILES string of the molecule is NCc1ccccc1OC(c1ccncc1)C(F)(F)F. The lowest BCUT2D eigenvalue weighted by Gasteiger charge is -2.23. The Labute approximate surface area is 114 Å². The second-order valence-electron chi connectivity index (χ2n) is 4.13. The number of halogens is 3. The van der Waals surface area contributed by atoms with E-state index in [0.717, 1.165) is 0 Å². The van der Waals surface area contributed by atoms with Crippen LogP contribution < -0.4 is 10.5 Å². The number of benzene rings is 1. The average Bonchev–Trinajstić information content (AvgIpc) is 2.45. The summed E-state index contributed by atoms with van der Waals surface area (Å²) in [5.41, 5.74) is 6.03. The lowest BCUT2D eigenvalue weighted by Crippen LogP contribution is -2.26. The van der Waals surface area contributed by atoms with E-state index in [1.54, 1.807) is 18.2 Å². The van der Waals surface area contributed by atoms with Gasteiger partial charge in [0.2, 0.25) is 6.10 Å². The summed E-state index contributed by atoms with van der Waals surface area (Å²) in [5.74, 6) is 0.133. The molecule has 0 radical (unpaired) electrons. The third-order valence-electron chi connectivity index (χ3n) is 2.74. The van der Waals surface area contributed by atoms with Crippen LogP contribution in [-0.2, 0) is 6.54 Å². The molecule has 1 atom stereocenters. The number of alkyl halides is 3. The van der Waals surface area contributed by atoms with Crippen molar-refractivity contribution in [1.82, 2.24) is 4.98 Å². The van der Waals surface area contributed by atoms with Crippen molar-refractivity contribution >= 4 is 0 Å². The third-order valence-corrected chi connectivity index (χ3v) is 2.74. The molecule has 0 amide bonds. The van der Waals surface area contributed by atoms with Crippen LogP contribution in [0.1, 0.15) is 17.2 Å². The topological polar surface area (TPSA) is 48.1 Å². The summed E-state index contributed by atoms with van der Waals surface area (Å²) < 4.78 is 44.6. The molecule has 2 N–H and O–H groups in total. The fourth-order valence-corrected chi connectivity index (χ4v) is 1.78. The van der Waals surface area contributed by atoms with Crippen LogP contribution in [-0.4, -0.2) is 11.2 Å². The largest absolute Gasteiger partial charge is 0.476 e. The van der Waals surface area contributed by atoms with Gasteiger partial charge < -0.3 is 10.5 Å². The van der Waals surface area contributed by atoms with Crippen molar-refractivity contribution in [1.29, 1.82) is 0 Å². The highest BCUT2D eigenvalue weighted by Crippen LogP contribution is 2.37.